The molecule has 2 rings (SSSR count). The molecule has 1 unspecified atom stereocenters. The van der Waals surface area contributed by atoms with Gasteiger partial charge in [0.25, 0.3) is 0 Å². The summed E-state index contributed by atoms with van der Waals surface area (Å²) in [6, 6.07) is 8.11. The molecule has 0 aliphatic carbocycles. The molecule has 1 aromatic carbocycles. The minimum absolute atomic E-state index is 0.0866. The number of methoxy groups -OCH3 is 1. The van der Waals surface area contributed by atoms with E-state index in [-0.39, 0.29) is 11.8 Å². The number of nitrogens with zero attached hydrogens (tertiary/aromatic N) is 1. The number of benzene rings is 1. The zero-order chi connectivity index (χ0) is 15.1. The first-order chi connectivity index (χ1) is 10.2. The Kier molecular flexibility index (Phi) is 6.02. The fraction of sp³-hybridized carbons (Fsp3) is 0.562. The van der Waals surface area contributed by atoms with E-state index in [0.29, 0.717) is 13.1 Å². The van der Waals surface area contributed by atoms with Crippen molar-refractivity contribution in [1.82, 2.24) is 10.2 Å². The van der Waals surface area contributed by atoms with Crippen LogP contribution in [0.2, 0.25) is 0 Å². The number of amides is 1. The number of nitrogens with two attached hydrogens (primary N) is 1. The Balaban J connectivity index is 1.86. The minimum atomic E-state index is 0.0866. The summed E-state index contributed by atoms with van der Waals surface area (Å²) in [4.78, 5) is 14.4. The van der Waals surface area contributed by atoms with E-state index >= 15 is 0 Å². The van der Waals surface area contributed by atoms with Crippen LogP contribution < -0.4 is 15.8 Å². The van der Waals surface area contributed by atoms with Gasteiger partial charge in [0.15, 0.2) is 0 Å². The third kappa shape index (κ3) is 4.72. The van der Waals surface area contributed by atoms with Crippen molar-refractivity contribution < 1.29 is 9.53 Å². The van der Waals surface area contributed by atoms with Gasteiger partial charge in [-0.3, -0.25) is 9.69 Å². The predicted molar refractivity (Wildman–Crippen MR) is 83.1 cm³/mol. The zero-order valence-electron chi connectivity index (χ0n) is 12.7. The minimum Gasteiger partial charge on any atom is -0.497 e. The van der Waals surface area contributed by atoms with Crippen LogP contribution in [0, 0.1) is 5.92 Å². The summed E-state index contributed by atoms with van der Waals surface area (Å²) in [5, 5.41) is 2.89. The van der Waals surface area contributed by atoms with E-state index in [1.165, 1.54) is 5.56 Å². The normalized spacial score (nSPS) is 19.2. The molecule has 0 saturated carbocycles. The highest BCUT2D eigenvalue weighted by Gasteiger charge is 2.25. The number of nitrogens with one attached hydrogen (secondary N) is 1. The summed E-state index contributed by atoms with van der Waals surface area (Å²) >= 11 is 0. The van der Waals surface area contributed by atoms with Gasteiger partial charge in [0.05, 0.1) is 13.0 Å². The lowest BCUT2D eigenvalue weighted by Gasteiger charge is -2.32. The molecular weight excluding hydrogens is 266 g/mol. The van der Waals surface area contributed by atoms with Crippen LogP contribution in [0.25, 0.3) is 0 Å². The molecule has 5 nitrogen and oxygen atoms in total. The van der Waals surface area contributed by atoms with Crippen molar-refractivity contribution >= 4 is 5.91 Å². The van der Waals surface area contributed by atoms with Gasteiger partial charge < -0.3 is 15.8 Å². The Morgan fingerprint density at radius 3 is 2.86 bits per heavy atom. The Hall–Kier alpha value is -1.59. The van der Waals surface area contributed by atoms with Gasteiger partial charge in [0.2, 0.25) is 5.91 Å². The van der Waals surface area contributed by atoms with Crippen molar-refractivity contribution in [3.05, 3.63) is 29.8 Å². The number of hydrogen-bond donors (Lipinski definition) is 2. The number of hydrogen-bond acceptors (Lipinski definition) is 4. The number of carbonyl (C=O) groups is 1. The maximum Gasteiger partial charge on any atom is 0.224 e. The molecule has 5 heteroatoms. The van der Waals surface area contributed by atoms with Gasteiger partial charge in [-0.1, -0.05) is 12.1 Å². The van der Waals surface area contributed by atoms with Gasteiger partial charge in [0.1, 0.15) is 5.75 Å². The second kappa shape index (κ2) is 8.00. The SMILES string of the molecule is COc1ccc(CN2CCCC(C(=O)NCCN)C2)cc1. The molecule has 1 aliphatic rings. The predicted octanol–water partition coefficient (Wildman–Crippen LogP) is 0.982. The fourth-order valence-corrected chi connectivity index (χ4v) is 2.74. The lowest BCUT2D eigenvalue weighted by molar-refractivity contribution is -0.126. The molecule has 0 aromatic heterocycles. The number of piperidine rings is 1. The second-order valence-electron chi connectivity index (χ2n) is 5.50. The van der Waals surface area contributed by atoms with Crippen LogP contribution in [0.5, 0.6) is 5.75 Å². The van der Waals surface area contributed by atoms with Crippen molar-refractivity contribution in [2.45, 2.75) is 19.4 Å². The Bertz CT molecular complexity index is 447. The van der Waals surface area contributed by atoms with Gasteiger partial charge in [-0.15, -0.1) is 0 Å². The molecule has 0 bridgehead atoms. The first-order valence-electron chi connectivity index (χ1n) is 7.56. The molecule has 1 aromatic rings. The smallest absolute Gasteiger partial charge is 0.224 e. The molecule has 21 heavy (non-hydrogen) atoms. The highest BCUT2D eigenvalue weighted by atomic mass is 16.5. The molecule has 1 aliphatic heterocycles. The van der Waals surface area contributed by atoms with Gasteiger partial charge in [-0.2, -0.15) is 0 Å². The summed E-state index contributed by atoms with van der Waals surface area (Å²) in [7, 11) is 1.67. The lowest BCUT2D eigenvalue weighted by atomic mass is 9.96. The Morgan fingerprint density at radius 2 is 2.19 bits per heavy atom. The topological polar surface area (TPSA) is 67.6 Å². The first-order valence-corrected chi connectivity index (χ1v) is 7.56. The molecule has 1 heterocycles. The molecule has 3 N–H and O–H groups in total. The van der Waals surface area contributed by atoms with E-state index in [2.05, 4.69) is 22.3 Å². The standard InChI is InChI=1S/C16H25N3O2/c1-21-15-6-4-13(5-7-15)11-19-10-2-3-14(12-19)16(20)18-9-8-17/h4-7,14H,2-3,8-12,17H2,1H3,(H,18,20). The maximum absolute atomic E-state index is 12.0. The molecule has 1 atom stereocenters. The van der Waals surface area contributed by atoms with Crippen molar-refractivity contribution in [3.63, 3.8) is 0 Å². The molecule has 0 spiro atoms. The Morgan fingerprint density at radius 1 is 1.43 bits per heavy atom. The third-order valence-corrected chi connectivity index (χ3v) is 3.89. The number of rotatable bonds is 6. The van der Waals surface area contributed by atoms with Crippen LogP contribution in [0.4, 0.5) is 0 Å². The first kappa shape index (κ1) is 15.8. The summed E-state index contributed by atoms with van der Waals surface area (Å²) in [5.74, 6) is 1.10. The van der Waals surface area contributed by atoms with Gasteiger partial charge >= 0.3 is 0 Å². The average Bonchev–Trinajstić information content (AvgIpc) is 2.53. The highest BCUT2D eigenvalue weighted by Crippen LogP contribution is 2.20. The molecule has 116 valence electrons. The van der Waals surface area contributed by atoms with Crippen molar-refractivity contribution in [1.29, 1.82) is 0 Å². The third-order valence-electron chi connectivity index (χ3n) is 3.89. The molecule has 1 saturated heterocycles. The second-order valence-corrected chi connectivity index (χ2v) is 5.50. The number of ether oxygens (including phenoxy) is 1. The van der Waals surface area contributed by atoms with Gasteiger partial charge in [-0.25, -0.2) is 0 Å². The molecule has 0 radical (unpaired) electrons. The van der Waals surface area contributed by atoms with Crippen LogP contribution in [-0.2, 0) is 11.3 Å². The summed E-state index contributed by atoms with van der Waals surface area (Å²) in [5.41, 5.74) is 6.67. The monoisotopic (exact) mass is 291 g/mol. The molecular formula is C16H25N3O2. The van der Waals surface area contributed by atoms with E-state index in [4.69, 9.17) is 10.5 Å². The fourth-order valence-electron chi connectivity index (χ4n) is 2.74. The number of carbonyl (C=O) groups excluding carboxylic acids is 1. The molecule has 1 fully saturated rings. The van der Waals surface area contributed by atoms with E-state index in [9.17, 15) is 4.79 Å². The summed E-state index contributed by atoms with van der Waals surface area (Å²) in [6.07, 6.45) is 2.03. The quantitative estimate of drug-likeness (QED) is 0.820. The molecule has 1 amide bonds. The van der Waals surface area contributed by atoms with Crippen LogP contribution in [0.15, 0.2) is 24.3 Å². The van der Waals surface area contributed by atoms with Gasteiger partial charge in [-0.05, 0) is 37.1 Å². The largest absolute Gasteiger partial charge is 0.497 e. The van der Waals surface area contributed by atoms with E-state index in [1.807, 2.05) is 12.1 Å². The lowest BCUT2D eigenvalue weighted by Crippen LogP contribution is -2.43. The highest BCUT2D eigenvalue weighted by molar-refractivity contribution is 5.78. The van der Waals surface area contributed by atoms with Crippen molar-refractivity contribution in [2.24, 2.45) is 11.7 Å². The van der Waals surface area contributed by atoms with Crippen molar-refractivity contribution in [2.75, 3.05) is 33.3 Å². The maximum atomic E-state index is 12.0. The van der Waals surface area contributed by atoms with Crippen molar-refractivity contribution in [3.8, 4) is 5.75 Å². The zero-order valence-corrected chi connectivity index (χ0v) is 12.7. The summed E-state index contributed by atoms with van der Waals surface area (Å²) < 4.78 is 5.17. The Labute approximate surface area is 126 Å². The summed E-state index contributed by atoms with van der Waals surface area (Å²) in [6.45, 7) is 3.81. The van der Waals surface area contributed by atoms with Crippen LogP contribution in [0.1, 0.15) is 18.4 Å². The average molecular weight is 291 g/mol. The van der Waals surface area contributed by atoms with E-state index < -0.39 is 0 Å². The van der Waals surface area contributed by atoms with Crippen LogP contribution in [-0.4, -0.2) is 44.1 Å². The van der Waals surface area contributed by atoms with E-state index in [1.54, 1.807) is 7.11 Å². The van der Waals surface area contributed by atoms with E-state index in [0.717, 1.165) is 38.2 Å². The van der Waals surface area contributed by atoms with Crippen LogP contribution >= 0.6 is 0 Å². The van der Waals surface area contributed by atoms with Gasteiger partial charge in [0, 0.05) is 26.2 Å². The number of likely N-dealkylation sites (tertiary alicyclic amines) is 1. The van der Waals surface area contributed by atoms with Crippen LogP contribution in [0.3, 0.4) is 0 Å².